The summed E-state index contributed by atoms with van der Waals surface area (Å²) in [6.45, 7) is 7.50. The van der Waals surface area contributed by atoms with Crippen molar-refractivity contribution in [3.8, 4) is 12.5 Å². The van der Waals surface area contributed by atoms with Crippen LogP contribution in [0.15, 0.2) is 12.2 Å². The highest BCUT2D eigenvalue weighted by Gasteiger charge is 2.21. The average Bonchev–Trinajstić information content (AvgIpc) is 2.23. The number of hydrogen-bond acceptors (Lipinski definition) is 3. The number of terminal acetylenes is 1. The van der Waals surface area contributed by atoms with Crippen LogP contribution >= 0.6 is 0 Å². The lowest BCUT2D eigenvalue weighted by Crippen LogP contribution is -2.43. The number of nitrogens with zero attached hydrogens (tertiary/aromatic N) is 2. The third-order valence-electron chi connectivity index (χ3n) is 2.24. The van der Waals surface area contributed by atoms with Gasteiger partial charge < -0.3 is 10.0 Å². The third-order valence-corrected chi connectivity index (χ3v) is 2.24. The monoisotopic (exact) mass is 241 g/mol. The molecular weight excluding hydrogens is 220 g/mol. The van der Waals surface area contributed by atoms with Crippen LogP contribution in [0, 0.1) is 12.5 Å². The van der Waals surface area contributed by atoms with Crippen LogP contribution in [0.4, 0.5) is 0 Å². The van der Waals surface area contributed by atoms with E-state index in [0.717, 1.165) is 6.54 Å². The molecule has 0 aliphatic rings. The van der Waals surface area contributed by atoms with Crippen molar-refractivity contribution < 1.29 is 19.4 Å². The molecule has 0 saturated carbocycles. The van der Waals surface area contributed by atoms with E-state index in [1.807, 2.05) is 6.92 Å². The lowest BCUT2D eigenvalue weighted by molar-refractivity contribution is -1.07. The zero-order chi connectivity index (χ0) is 13.5. The minimum atomic E-state index is -1.00. The molecule has 0 bridgehead atoms. The number of carboxylic acid groups (broad SMARTS) is 1. The normalized spacial score (nSPS) is 10.7. The average molecular weight is 241 g/mol. The molecule has 0 atom stereocenters. The SMILES string of the molecule is C#CN(CC)CCO[N+](C)(C)CC(=C)C(=O)O. The summed E-state index contributed by atoms with van der Waals surface area (Å²) in [4.78, 5) is 18.0. The predicted molar refractivity (Wildman–Crippen MR) is 65.8 cm³/mol. The maximum atomic E-state index is 10.7. The van der Waals surface area contributed by atoms with Gasteiger partial charge >= 0.3 is 5.97 Å². The highest BCUT2D eigenvalue weighted by Crippen LogP contribution is 2.05. The number of hydroxylamine groups is 3. The molecule has 17 heavy (non-hydrogen) atoms. The predicted octanol–water partition coefficient (Wildman–Crippen LogP) is 0.548. The standard InChI is InChI=1S/C12H20N2O3/c1-6-13(7-2)8-9-17-14(4,5)10-11(3)12(15)16/h1H,3,7-10H2,2,4-5H3/p+1. The lowest BCUT2D eigenvalue weighted by atomic mass is 10.3. The first-order chi connectivity index (χ1) is 7.82. The molecule has 0 aromatic carbocycles. The molecule has 0 spiro atoms. The minimum Gasteiger partial charge on any atom is -0.478 e. The maximum absolute atomic E-state index is 10.7. The van der Waals surface area contributed by atoms with E-state index in [-0.39, 0.29) is 16.8 Å². The van der Waals surface area contributed by atoms with Crippen molar-refractivity contribution in [1.29, 1.82) is 0 Å². The molecule has 5 nitrogen and oxygen atoms in total. The van der Waals surface area contributed by atoms with Gasteiger partial charge in [0.15, 0.2) is 0 Å². The maximum Gasteiger partial charge on any atom is 0.336 e. The van der Waals surface area contributed by atoms with Gasteiger partial charge in [0.05, 0.1) is 26.2 Å². The summed E-state index contributed by atoms with van der Waals surface area (Å²) in [5.74, 6) is -1.00. The van der Waals surface area contributed by atoms with Crippen molar-refractivity contribution in [1.82, 2.24) is 4.90 Å². The molecular formula is C12H21N2O3+. The first-order valence-electron chi connectivity index (χ1n) is 5.42. The number of aliphatic carboxylic acids is 1. The molecule has 0 rings (SSSR count). The Bertz CT molecular complexity index is 318. The van der Waals surface area contributed by atoms with E-state index in [1.165, 1.54) is 0 Å². The molecule has 0 amide bonds. The quantitative estimate of drug-likeness (QED) is 0.222. The zero-order valence-electron chi connectivity index (χ0n) is 10.8. The topological polar surface area (TPSA) is 49.8 Å². The Morgan fingerprint density at radius 2 is 2.18 bits per heavy atom. The summed E-state index contributed by atoms with van der Waals surface area (Å²) in [5.41, 5.74) is 0.124. The van der Waals surface area contributed by atoms with Crippen molar-refractivity contribution in [3.05, 3.63) is 12.2 Å². The lowest BCUT2D eigenvalue weighted by Gasteiger charge is -2.27. The molecule has 0 aromatic heterocycles. The summed E-state index contributed by atoms with van der Waals surface area (Å²) >= 11 is 0. The summed E-state index contributed by atoms with van der Waals surface area (Å²) in [6.07, 6.45) is 5.28. The van der Waals surface area contributed by atoms with Gasteiger partial charge in [-0.25, -0.2) is 9.63 Å². The van der Waals surface area contributed by atoms with Crippen LogP contribution in [0.1, 0.15) is 6.92 Å². The highest BCUT2D eigenvalue weighted by atomic mass is 16.7. The fraction of sp³-hybridized carbons (Fsp3) is 0.583. The van der Waals surface area contributed by atoms with E-state index in [1.54, 1.807) is 19.0 Å². The highest BCUT2D eigenvalue weighted by molar-refractivity contribution is 5.85. The molecule has 0 aliphatic heterocycles. The van der Waals surface area contributed by atoms with Crippen molar-refractivity contribution >= 4 is 5.97 Å². The fourth-order valence-electron chi connectivity index (χ4n) is 1.29. The molecule has 0 unspecified atom stereocenters. The Morgan fingerprint density at radius 1 is 1.59 bits per heavy atom. The van der Waals surface area contributed by atoms with Gasteiger partial charge in [0.25, 0.3) is 0 Å². The van der Waals surface area contributed by atoms with E-state index < -0.39 is 5.97 Å². The van der Waals surface area contributed by atoms with Gasteiger partial charge in [0.2, 0.25) is 0 Å². The first-order valence-corrected chi connectivity index (χ1v) is 5.42. The molecule has 0 saturated heterocycles. The Labute approximate surface area is 103 Å². The third kappa shape index (κ3) is 6.61. The Balaban J connectivity index is 4.06. The summed E-state index contributed by atoms with van der Waals surface area (Å²) in [5, 5.41) is 8.74. The van der Waals surface area contributed by atoms with E-state index in [2.05, 4.69) is 12.6 Å². The number of quaternary nitrogens is 1. The Hall–Kier alpha value is -1.51. The van der Waals surface area contributed by atoms with Gasteiger partial charge in [-0.2, -0.15) is 4.65 Å². The number of likely N-dealkylation sites (N-methyl/N-ethyl adjacent to an activating group) is 2. The molecule has 0 radical (unpaired) electrons. The van der Waals surface area contributed by atoms with Gasteiger partial charge in [-0.3, -0.25) is 0 Å². The second kappa shape index (κ2) is 6.94. The van der Waals surface area contributed by atoms with Gasteiger partial charge in [0.1, 0.15) is 13.2 Å². The molecule has 0 heterocycles. The number of carbonyl (C=O) groups is 1. The summed E-state index contributed by atoms with van der Waals surface area (Å²) in [7, 11) is 3.56. The zero-order valence-corrected chi connectivity index (χ0v) is 10.8. The second-order valence-corrected chi connectivity index (χ2v) is 4.18. The fourth-order valence-corrected chi connectivity index (χ4v) is 1.29. The number of carboxylic acids is 1. The Morgan fingerprint density at radius 3 is 2.59 bits per heavy atom. The van der Waals surface area contributed by atoms with Crippen molar-refractivity contribution in [3.63, 3.8) is 0 Å². The van der Waals surface area contributed by atoms with Crippen LogP contribution in [0.2, 0.25) is 0 Å². The Kier molecular flexibility index (Phi) is 6.33. The van der Waals surface area contributed by atoms with Crippen LogP contribution in [0.25, 0.3) is 0 Å². The van der Waals surface area contributed by atoms with E-state index >= 15 is 0 Å². The molecule has 0 aliphatic carbocycles. The van der Waals surface area contributed by atoms with Gasteiger partial charge in [0, 0.05) is 12.6 Å². The van der Waals surface area contributed by atoms with Crippen molar-refractivity contribution in [2.24, 2.45) is 0 Å². The van der Waals surface area contributed by atoms with E-state index in [4.69, 9.17) is 16.4 Å². The van der Waals surface area contributed by atoms with Crippen LogP contribution < -0.4 is 0 Å². The first kappa shape index (κ1) is 15.5. The minimum absolute atomic E-state index is 0.118. The van der Waals surface area contributed by atoms with E-state index in [0.29, 0.717) is 13.2 Å². The van der Waals surface area contributed by atoms with Crippen LogP contribution in [-0.2, 0) is 9.63 Å². The largest absolute Gasteiger partial charge is 0.478 e. The van der Waals surface area contributed by atoms with Crippen molar-refractivity contribution in [2.45, 2.75) is 6.92 Å². The summed E-state index contributed by atoms with van der Waals surface area (Å²) < 4.78 is 0.118. The van der Waals surface area contributed by atoms with Gasteiger partial charge in [-0.1, -0.05) is 13.0 Å². The smallest absolute Gasteiger partial charge is 0.336 e. The van der Waals surface area contributed by atoms with E-state index in [9.17, 15) is 4.79 Å². The molecule has 5 heteroatoms. The molecule has 96 valence electrons. The van der Waals surface area contributed by atoms with Crippen molar-refractivity contribution in [2.75, 3.05) is 40.3 Å². The molecule has 0 aromatic rings. The number of hydrogen-bond donors (Lipinski definition) is 1. The van der Waals surface area contributed by atoms with Crippen LogP contribution in [-0.4, -0.2) is 61.0 Å². The molecule has 1 N–H and O–H groups in total. The second-order valence-electron chi connectivity index (χ2n) is 4.18. The van der Waals surface area contributed by atoms with Crippen LogP contribution in [0.3, 0.4) is 0 Å². The van der Waals surface area contributed by atoms with Gasteiger partial charge in [-0.15, -0.1) is 0 Å². The number of rotatable bonds is 8. The van der Waals surface area contributed by atoms with Crippen LogP contribution in [0.5, 0.6) is 0 Å². The summed E-state index contributed by atoms with van der Waals surface area (Å²) in [6, 6.07) is 2.53. The molecule has 0 fully saturated rings. The van der Waals surface area contributed by atoms with Gasteiger partial charge in [-0.05, 0) is 6.92 Å².